The lowest BCUT2D eigenvalue weighted by atomic mass is 9.77. The van der Waals surface area contributed by atoms with Gasteiger partial charge in [0.25, 0.3) is 0 Å². The Morgan fingerprint density at radius 2 is 1.53 bits per heavy atom. The highest BCUT2D eigenvalue weighted by atomic mass is 35.5. The van der Waals surface area contributed by atoms with Crippen molar-refractivity contribution < 1.29 is 0 Å². The minimum atomic E-state index is 0.561. The van der Waals surface area contributed by atoms with Crippen molar-refractivity contribution in [2.45, 2.75) is 52.4 Å². The van der Waals surface area contributed by atoms with E-state index in [1.807, 2.05) is 13.8 Å². The molecule has 104 valence electrons. The molecule has 2 heterocycles. The fourth-order valence-electron chi connectivity index (χ4n) is 3.58. The van der Waals surface area contributed by atoms with Gasteiger partial charge in [-0.15, -0.1) is 0 Å². The molecule has 0 atom stereocenters. The number of nitrogens with zero attached hydrogens (tertiary/aromatic N) is 3. The summed E-state index contributed by atoms with van der Waals surface area (Å²) in [7, 11) is 0. The van der Waals surface area contributed by atoms with Gasteiger partial charge in [-0.3, -0.25) is 0 Å². The summed E-state index contributed by atoms with van der Waals surface area (Å²) in [6.45, 7) is 6.13. The van der Waals surface area contributed by atoms with Crippen molar-refractivity contribution in [1.29, 1.82) is 0 Å². The number of hydrogen-bond acceptors (Lipinski definition) is 3. The van der Waals surface area contributed by atoms with Gasteiger partial charge in [0.05, 0.1) is 11.4 Å². The Morgan fingerprint density at radius 1 is 0.947 bits per heavy atom. The zero-order valence-electron chi connectivity index (χ0n) is 11.9. The van der Waals surface area contributed by atoms with Crippen molar-refractivity contribution in [3.05, 3.63) is 16.5 Å². The van der Waals surface area contributed by atoms with Crippen molar-refractivity contribution in [3.63, 3.8) is 0 Å². The number of piperidine rings is 1. The van der Waals surface area contributed by atoms with Crippen LogP contribution in [0.5, 0.6) is 0 Å². The molecule has 0 radical (unpaired) electrons. The smallest absolute Gasteiger partial charge is 0.171 e. The van der Waals surface area contributed by atoms with Crippen molar-refractivity contribution in [2.24, 2.45) is 5.41 Å². The van der Waals surface area contributed by atoms with E-state index in [0.29, 0.717) is 10.6 Å². The Labute approximate surface area is 120 Å². The third kappa shape index (κ3) is 2.45. The number of aromatic nitrogens is 2. The highest BCUT2D eigenvalue weighted by Gasteiger charge is 2.37. The van der Waals surface area contributed by atoms with Crippen LogP contribution in [0.3, 0.4) is 0 Å². The Bertz CT molecular complexity index is 471. The van der Waals surface area contributed by atoms with Crippen molar-refractivity contribution in [2.75, 3.05) is 18.0 Å². The number of halogens is 1. The summed E-state index contributed by atoms with van der Waals surface area (Å²) in [5, 5.41) is 0.561. The third-order valence-electron chi connectivity index (χ3n) is 5.04. The molecule has 0 unspecified atom stereocenters. The second kappa shape index (κ2) is 4.93. The van der Waals surface area contributed by atoms with E-state index in [1.54, 1.807) is 0 Å². The molecule has 2 fully saturated rings. The molecule has 1 aliphatic heterocycles. The fourth-order valence-corrected chi connectivity index (χ4v) is 3.87. The molecule has 0 amide bonds. The maximum Gasteiger partial charge on any atom is 0.171 e. The highest BCUT2D eigenvalue weighted by Crippen LogP contribution is 2.46. The van der Waals surface area contributed by atoms with Crippen LogP contribution in [0.2, 0.25) is 5.15 Å². The molecule has 4 heteroatoms. The number of rotatable bonds is 1. The van der Waals surface area contributed by atoms with E-state index in [2.05, 4.69) is 14.9 Å². The summed E-state index contributed by atoms with van der Waals surface area (Å²) in [6, 6.07) is 0. The number of anilines is 1. The van der Waals surface area contributed by atoms with Gasteiger partial charge < -0.3 is 4.90 Å². The van der Waals surface area contributed by atoms with Crippen molar-refractivity contribution >= 4 is 17.4 Å². The molecule has 19 heavy (non-hydrogen) atoms. The van der Waals surface area contributed by atoms with Gasteiger partial charge >= 0.3 is 0 Å². The van der Waals surface area contributed by atoms with Crippen LogP contribution in [-0.4, -0.2) is 23.1 Å². The van der Waals surface area contributed by atoms with E-state index in [-0.39, 0.29) is 0 Å². The molecule has 2 aliphatic rings. The first kappa shape index (κ1) is 13.2. The largest absolute Gasteiger partial charge is 0.354 e. The quantitative estimate of drug-likeness (QED) is 0.780. The lowest BCUT2D eigenvalue weighted by Crippen LogP contribution is -2.39. The average Bonchev–Trinajstić information content (AvgIpc) is 2.84. The summed E-state index contributed by atoms with van der Waals surface area (Å²) < 4.78 is 0. The molecule has 3 rings (SSSR count). The lowest BCUT2D eigenvalue weighted by Gasteiger charge is -2.40. The van der Waals surface area contributed by atoms with E-state index in [9.17, 15) is 0 Å². The fraction of sp³-hybridized carbons (Fsp3) is 0.733. The van der Waals surface area contributed by atoms with Gasteiger partial charge in [0.2, 0.25) is 0 Å². The number of aryl methyl sites for hydroxylation is 2. The summed E-state index contributed by atoms with van der Waals surface area (Å²) in [5.74, 6) is 0.887. The topological polar surface area (TPSA) is 29.0 Å². The second-order valence-corrected chi connectivity index (χ2v) is 6.56. The van der Waals surface area contributed by atoms with Crippen molar-refractivity contribution in [1.82, 2.24) is 9.97 Å². The SMILES string of the molecule is Cc1nc(Cl)c(N2CCC3(CCCC3)CC2)nc1C. The molecule has 1 saturated carbocycles. The first-order valence-electron chi connectivity index (χ1n) is 7.35. The highest BCUT2D eigenvalue weighted by molar-refractivity contribution is 6.31. The zero-order valence-corrected chi connectivity index (χ0v) is 12.6. The van der Waals surface area contributed by atoms with Gasteiger partial charge in [-0.1, -0.05) is 24.4 Å². The summed E-state index contributed by atoms with van der Waals surface area (Å²) in [4.78, 5) is 11.4. The summed E-state index contributed by atoms with van der Waals surface area (Å²) in [6.07, 6.45) is 8.27. The standard InChI is InChI=1S/C15H22ClN3/c1-11-12(2)18-14(13(16)17-11)19-9-7-15(8-10-19)5-3-4-6-15/h3-10H2,1-2H3. The normalized spacial score (nSPS) is 22.2. The van der Waals surface area contributed by atoms with Crippen molar-refractivity contribution in [3.8, 4) is 0 Å². The van der Waals surface area contributed by atoms with E-state index in [4.69, 9.17) is 11.6 Å². The predicted octanol–water partition coefficient (Wildman–Crippen LogP) is 3.91. The Morgan fingerprint density at radius 3 is 2.16 bits per heavy atom. The Balaban J connectivity index is 1.76. The summed E-state index contributed by atoms with van der Waals surface area (Å²) in [5.41, 5.74) is 2.55. The second-order valence-electron chi connectivity index (χ2n) is 6.20. The van der Waals surface area contributed by atoms with Gasteiger partial charge in [-0.05, 0) is 44.9 Å². The molecule has 0 aromatic carbocycles. The van der Waals surface area contributed by atoms with Gasteiger partial charge in [0, 0.05) is 13.1 Å². The zero-order chi connectivity index (χ0) is 13.5. The Kier molecular flexibility index (Phi) is 3.42. The first-order chi connectivity index (χ1) is 9.10. The first-order valence-corrected chi connectivity index (χ1v) is 7.73. The monoisotopic (exact) mass is 279 g/mol. The third-order valence-corrected chi connectivity index (χ3v) is 5.29. The number of hydrogen-bond donors (Lipinski definition) is 0. The van der Waals surface area contributed by atoms with Crippen LogP contribution in [0.4, 0.5) is 5.82 Å². The minimum absolute atomic E-state index is 0.561. The Hall–Kier alpha value is -0.830. The van der Waals surface area contributed by atoms with Gasteiger partial charge in [0.1, 0.15) is 0 Å². The van der Waals surface area contributed by atoms with Crippen LogP contribution in [0.25, 0.3) is 0 Å². The molecule has 1 aromatic rings. The van der Waals surface area contributed by atoms with Gasteiger partial charge in [-0.25, -0.2) is 9.97 Å². The van der Waals surface area contributed by atoms with Crippen LogP contribution in [0.1, 0.15) is 49.9 Å². The van der Waals surface area contributed by atoms with E-state index in [1.165, 1.54) is 38.5 Å². The average molecular weight is 280 g/mol. The van der Waals surface area contributed by atoms with E-state index >= 15 is 0 Å². The molecule has 1 spiro atoms. The molecular weight excluding hydrogens is 258 g/mol. The predicted molar refractivity (Wildman–Crippen MR) is 78.9 cm³/mol. The molecule has 1 aliphatic carbocycles. The van der Waals surface area contributed by atoms with Crippen LogP contribution < -0.4 is 4.90 Å². The van der Waals surface area contributed by atoms with Crippen LogP contribution in [0.15, 0.2) is 0 Å². The maximum atomic E-state index is 6.27. The maximum absolute atomic E-state index is 6.27. The molecule has 1 aromatic heterocycles. The van der Waals surface area contributed by atoms with E-state index < -0.39 is 0 Å². The molecule has 0 N–H and O–H groups in total. The lowest BCUT2D eigenvalue weighted by molar-refractivity contribution is 0.226. The molecule has 1 saturated heterocycles. The molecule has 0 bridgehead atoms. The molecular formula is C15H22ClN3. The van der Waals surface area contributed by atoms with Crippen LogP contribution in [0, 0.1) is 19.3 Å². The van der Waals surface area contributed by atoms with Gasteiger partial charge in [0.15, 0.2) is 11.0 Å². The van der Waals surface area contributed by atoms with Crippen LogP contribution >= 0.6 is 11.6 Å². The van der Waals surface area contributed by atoms with Gasteiger partial charge in [-0.2, -0.15) is 0 Å². The van der Waals surface area contributed by atoms with Crippen LogP contribution in [-0.2, 0) is 0 Å². The summed E-state index contributed by atoms with van der Waals surface area (Å²) >= 11 is 6.27. The minimum Gasteiger partial charge on any atom is -0.354 e. The van der Waals surface area contributed by atoms with E-state index in [0.717, 1.165) is 30.3 Å². The molecule has 3 nitrogen and oxygen atoms in total.